The molecule has 0 amide bonds. The fraction of sp³-hybridized carbons (Fsp3) is 0.367. The summed E-state index contributed by atoms with van der Waals surface area (Å²) in [6.45, 7) is 11.6. The van der Waals surface area contributed by atoms with Crippen molar-refractivity contribution < 1.29 is 4.39 Å². The number of aryl methyl sites for hydroxylation is 1. The summed E-state index contributed by atoms with van der Waals surface area (Å²) in [5.74, 6) is 0.526. The Kier molecular flexibility index (Phi) is 7.65. The van der Waals surface area contributed by atoms with Crippen molar-refractivity contribution >= 4 is 11.6 Å². The van der Waals surface area contributed by atoms with Gasteiger partial charge in [-0.1, -0.05) is 23.8 Å². The highest BCUT2D eigenvalue weighted by Crippen LogP contribution is 2.32. The second kappa shape index (κ2) is 10.7. The summed E-state index contributed by atoms with van der Waals surface area (Å²) in [6, 6.07) is 3.70. The van der Waals surface area contributed by atoms with E-state index in [0.29, 0.717) is 30.1 Å². The normalized spacial score (nSPS) is 18.1. The molecular weight excluding hydrogens is 451 g/mol. The number of hydrogen-bond acceptors (Lipinski definition) is 4. The first kappa shape index (κ1) is 25.7. The third-order valence-electron chi connectivity index (χ3n) is 7.13. The third kappa shape index (κ3) is 5.39. The summed E-state index contributed by atoms with van der Waals surface area (Å²) in [5.41, 5.74) is 7.57. The molecule has 0 N–H and O–H groups in total. The van der Waals surface area contributed by atoms with E-state index >= 15 is 0 Å². The van der Waals surface area contributed by atoms with Crippen LogP contribution in [0.25, 0.3) is 11.6 Å². The van der Waals surface area contributed by atoms with Crippen LogP contribution in [0.1, 0.15) is 62.5 Å². The predicted molar refractivity (Wildman–Crippen MR) is 145 cm³/mol. The zero-order valence-electron chi connectivity index (χ0n) is 22.1. The van der Waals surface area contributed by atoms with Crippen LogP contribution in [0, 0.1) is 6.92 Å². The van der Waals surface area contributed by atoms with E-state index in [9.17, 15) is 9.18 Å². The Morgan fingerprint density at radius 3 is 2.72 bits per heavy atom. The smallest absolute Gasteiger partial charge is 0.253 e. The van der Waals surface area contributed by atoms with Crippen molar-refractivity contribution in [2.45, 2.75) is 60.0 Å². The van der Waals surface area contributed by atoms with Gasteiger partial charge >= 0.3 is 0 Å². The molecule has 0 spiro atoms. The molecule has 2 aliphatic rings. The lowest BCUT2D eigenvalue weighted by Gasteiger charge is -2.34. The van der Waals surface area contributed by atoms with Gasteiger partial charge in [0.1, 0.15) is 11.7 Å². The number of pyridine rings is 1. The Morgan fingerprint density at radius 1 is 1.19 bits per heavy atom. The van der Waals surface area contributed by atoms with Gasteiger partial charge in [-0.3, -0.25) is 19.2 Å². The Hall–Kier alpha value is -3.38. The highest BCUT2D eigenvalue weighted by molar-refractivity contribution is 5.78. The molecule has 36 heavy (non-hydrogen) atoms. The monoisotopic (exact) mass is 486 g/mol. The van der Waals surface area contributed by atoms with Crippen LogP contribution in [-0.2, 0) is 20.0 Å². The Bertz CT molecular complexity index is 1390. The maximum Gasteiger partial charge on any atom is 0.253 e. The topological polar surface area (TPSA) is 51.0 Å². The molecule has 0 fully saturated rings. The molecule has 2 aromatic heterocycles. The second-order valence-electron chi connectivity index (χ2n) is 9.80. The average Bonchev–Trinajstić information content (AvgIpc) is 2.98. The van der Waals surface area contributed by atoms with E-state index in [1.165, 1.54) is 0 Å². The number of hydrogen-bond donors (Lipinski definition) is 0. The van der Waals surface area contributed by atoms with Crippen LogP contribution in [0.3, 0.4) is 0 Å². The fourth-order valence-electron chi connectivity index (χ4n) is 4.83. The zero-order valence-corrected chi connectivity index (χ0v) is 22.1. The average molecular weight is 487 g/mol. The second-order valence-corrected chi connectivity index (χ2v) is 9.80. The SMILES string of the molecule is C/C=C\C(/C(C)=C\c1nc(C)cc(=O)n1C)N1CCc2ncc(C3=C(F)CC=C(C)C(C)=C3)cc2C1. The summed E-state index contributed by atoms with van der Waals surface area (Å²) >= 11 is 0. The van der Waals surface area contributed by atoms with Gasteiger partial charge in [0, 0.05) is 73.8 Å². The van der Waals surface area contributed by atoms with Gasteiger partial charge in [-0.05, 0) is 69.5 Å². The molecule has 0 radical (unpaired) electrons. The number of rotatable bonds is 5. The molecule has 0 saturated carbocycles. The minimum absolute atomic E-state index is 0.0482. The van der Waals surface area contributed by atoms with E-state index in [2.05, 4.69) is 35.0 Å². The first-order chi connectivity index (χ1) is 17.2. The van der Waals surface area contributed by atoms with Gasteiger partial charge in [0.25, 0.3) is 5.56 Å². The number of halogens is 1. The summed E-state index contributed by atoms with van der Waals surface area (Å²) in [4.78, 5) is 24.0. The van der Waals surface area contributed by atoms with Crippen molar-refractivity contribution in [2.24, 2.45) is 7.05 Å². The maximum atomic E-state index is 15.0. The minimum atomic E-state index is -0.123. The first-order valence-electron chi connectivity index (χ1n) is 12.5. The number of fused-ring (bicyclic) bond motifs is 1. The first-order valence-corrected chi connectivity index (χ1v) is 12.5. The molecule has 0 bridgehead atoms. The fourth-order valence-corrected chi connectivity index (χ4v) is 4.83. The van der Waals surface area contributed by atoms with Crippen molar-refractivity contribution in [1.82, 2.24) is 19.4 Å². The molecule has 0 aromatic carbocycles. The van der Waals surface area contributed by atoms with Crippen molar-refractivity contribution in [1.29, 1.82) is 0 Å². The van der Waals surface area contributed by atoms with Gasteiger partial charge in [-0.25, -0.2) is 9.37 Å². The summed E-state index contributed by atoms with van der Waals surface area (Å²) < 4.78 is 16.6. The summed E-state index contributed by atoms with van der Waals surface area (Å²) in [5, 5.41) is 0. The van der Waals surface area contributed by atoms with Gasteiger partial charge in [-0.2, -0.15) is 0 Å². The van der Waals surface area contributed by atoms with Crippen LogP contribution in [0.2, 0.25) is 0 Å². The Labute approximate surface area is 213 Å². The molecule has 1 aliphatic heterocycles. The molecule has 0 saturated heterocycles. The van der Waals surface area contributed by atoms with Crippen molar-refractivity contribution in [3.63, 3.8) is 0 Å². The van der Waals surface area contributed by atoms with E-state index in [1.54, 1.807) is 17.7 Å². The van der Waals surface area contributed by atoms with Crippen molar-refractivity contribution in [3.05, 3.63) is 104 Å². The number of allylic oxidation sites excluding steroid dienone is 7. The molecule has 3 heterocycles. The van der Waals surface area contributed by atoms with Crippen LogP contribution in [0.15, 0.2) is 70.0 Å². The summed E-state index contributed by atoms with van der Waals surface area (Å²) in [7, 11) is 1.75. The van der Waals surface area contributed by atoms with Crippen molar-refractivity contribution in [2.75, 3.05) is 6.54 Å². The molecule has 4 rings (SSSR count). The molecule has 188 valence electrons. The van der Waals surface area contributed by atoms with Gasteiger partial charge in [-0.15, -0.1) is 0 Å². The lowest BCUT2D eigenvalue weighted by Crippen LogP contribution is -2.39. The molecular formula is C30H35FN4O. The van der Waals surface area contributed by atoms with E-state index in [4.69, 9.17) is 4.98 Å². The van der Waals surface area contributed by atoms with Crippen LogP contribution in [0.4, 0.5) is 4.39 Å². The van der Waals surface area contributed by atoms with Crippen molar-refractivity contribution in [3.8, 4) is 0 Å². The largest absolute Gasteiger partial charge is 0.296 e. The lowest BCUT2D eigenvalue weighted by molar-refractivity contribution is 0.230. The van der Waals surface area contributed by atoms with E-state index in [1.807, 2.05) is 52.1 Å². The molecule has 2 aromatic rings. The maximum absolute atomic E-state index is 15.0. The number of aromatic nitrogens is 3. The molecule has 1 atom stereocenters. The molecule has 5 nitrogen and oxygen atoms in total. The summed E-state index contributed by atoms with van der Waals surface area (Å²) in [6.07, 6.45) is 13.1. The van der Waals surface area contributed by atoms with Crippen LogP contribution < -0.4 is 5.56 Å². The quantitative estimate of drug-likeness (QED) is 0.496. The van der Waals surface area contributed by atoms with E-state index in [-0.39, 0.29) is 17.4 Å². The lowest BCUT2D eigenvalue weighted by atomic mass is 9.96. The predicted octanol–water partition coefficient (Wildman–Crippen LogP) is 5.87. The molecule has 1 aliphatic carbocycles. The van der Waals surface area contributed by atoms with E-state index < -0.39 is 0 Å². The minimum Gasteiger partial charge on any atom is -0.296 e. The standard InChI is InChI=1S/C30H35FN4O/c1-7-8-28(21(4)14-29-33-22(5)15-30(36)34(29)6)35-12-11-27-24(18-35)16-23(17-32-27)25-13-20(3)19(2)9-10-26(25)31/h7-9,13-17,28H,10-12,18H2,1-6H3/b8-7-,21-14-. The Balaban J connectivity index is 1.66. The zero-order chi connectivity index (χ0) is 26.0. The van der Waals surface area contributed by atoms with Gasteiger partial charge in [0.05, 0.1) is 0 Å². The number of nitrogens with zero attached hydrogens (tertiary/aromatic N) is 4. The van der Waals surface area contributed by atoms with E-state index in [0.717, 1.165) is 46.5 Å². The third-order valence-corrected chi connectivity index (χ3v) is 7.13. The highest BCUT2D eigenvalue weighted by atomic mass is 19.1. The molecule has 6 heteroatoms. The Morgan fingerprint density at radius 2 is 1.97 bits per heavy atom. The van der Waals surface area contributed by atoms with Gasteiger partial charge in [0.15, 0.2) is 0 Å². The van der Waals surface area contributed by atoms with Gasteiger partial charge in [0.2, 0.25) is 0 Å². The van der Waals surface area contributed by atoms with Crippen LogP contribution >= 0.6 is 0 Å². The highest BCUT2D eigenvalue weighted by Gasteiger charge is 2.25. The van der Waals surface area contributed by atoms with Crippen LogP contribution in [0.5, 0.6) is 0 Å². The van der Waals surface area contributed by atoms with Crippen LogP contribution in [-0.4, -0.2) is 32.0 Å². The molecule has 1 unspecified atom stereocenters. The van der Waals surface area contributed by atoms with Gasteiger partial charge < -0.3 is 0 Å².